The molecule has 3 amide bonds. The van der Waals surface area contributed by atoms with Gasteiger partial charge in [-0.15, -0.1) is 0 Å². The monoisotopic (exact) mass is 499 g/mol. The quantitative estimate of drug-likeness (QED) is 0.432. The Morgan fingerprint density at radius 1 is 1.11 bits per heavy atom. The van der Waals surface area contributed by atoms with Crippen molar-refractivity contribution in [2.45, 2.75) is 39.5 Å². The minimum atomic E-state index is -0.291. The summed E-state index contributed by atoms with van der Waals surface area (Å²) in [6.45, 7) is 4.55. The van der Waals surface area contributed by atoms with E-state index < -0.39 is 0 Å². The Morgan fingerprint density at radius 2 is 1.86 bits per heavy atom. The van der Waals surface area contributed by atoms with Crippen LogP contribution in [0.3, 0.4) is 0 Å². The molecule has 0 aliphatic carbocycles. The molecule has 188 valence electrons. The van der Waals surface area contributed by atoms with Crippen molar-refractivity contribution in [1.82, 2.24) is 9.80 Å². The largest absolute Gasteiger partial charge is 0.383 e. The molecule has 35 heavy (non-hydrogen) atoms. The fourth-order valence-electron chi connectivity index (χ4n) is 4.11. The number of hydrogen-bond acceptors (Lipinski definition) is 4. The second kappa shape index (κ2) is 12.7. The fraction of sp³-hybridized carbons (Fsp3) is 0.444. The molecule has 1 heterocycles. The normalized spacial score (nSPS) is 13.4. The van der Waals surface area contributed by atoms with Crippen molar-refractivity contribution in [2.24, 2.45) is 0 Å². The zero-order chi connectivity index (χ0) is 25.4. The van der Waals surface area contributed by atoms with Crippen LogP contribution in [0, 0.1) is 6.92 Å². The van der Waals surface area contributed by atoms with Crippen molar-refractivity contribution in [3.8, 4) is 0 Å². The number of benzene rings is 2. The summed E-state index contributed by atoms with van der Waals surface area (Å²) in [6.07, 6.45) is 4.46. The van der Waals surface area contributed by atoms with E-state index in [1.54, 1.807) is 24.1 Å². The molecule has 0 N–H and O–H groups in total. The SMILES string of the molecule is CCCCCc1ccc(C(=O)N(CCOC)CC(=O)N2CC(=O)N(c3cccc(Cl)c3C)C2)cc1. The predicted molar refractivity (Wildman–Crippen MR) is 138 cm³/mol. The molecular weight excluding hydrogens is 466 g/mol. The molecule has 3 rings (SSSR count). The molecule has 0 atom stereocenters. The highest BCUT2D eigenvalue weighted by Crippen LogP contribution is 2.28. The summed E-state index contributed by atoms with van der Waals surface area (Å²) in [5, 5.41) is 0.563. The highest BCUT2D eigenvalue weighted by Gasteiger charge is 2.34. The van der Waals surface area contributed by atoms with Crippen molar-refractivity contribution in [3.05, 3.63) is 64.2 Å². The van der Waals surface area contributed by atoms with E-state index in [0.29, 0.717) is 22.9 Å². The van der Waals surface area contributed by atoms with Crippen molar-refractivity contribution >= 4 is 35.0 Å². The van der Waals surface area contributed by atoms with E-state index in [4.69, 9.17) is 16.3 Å². The lowest BCUT2D eigenvalue weighted by atomic mass is 10.0. The Hall–Kier alpha value is -2.90. The number of aryl methyl sites for hydroxylation is 1. The van der Waals surface area contributed by atoms with Crippen molar-refractivity contribution in [1.29, 1.82) is 0 Å². The first-order valence-electron chi connectivity index (χ1n) is 12.1. The molecule has 1 aliphatic rings. The molecule has 0 saturated carbocycles. The van der Waals surface area contributed by atoms with E-state index in [1.165, 1.54) is 21.8 Å². The number of amides is 3. The van der Waals surface area contributed by atoms with Gasteiger partial charge in [-0.25, -0.2) is 0 Å². The zero-order valence-electron chi connectivity index (χ0n) is 20.8. The van der Waals surface area contributed by atoms with Crippen LogP contribution in [-0.4, -0.2) is 67.5 Å². The minimum absolute atomic E-state index is 0.0381. The molecular formula is C27H34ClN3O4. The third-order valence-electron chi connectivity index (χ3n) is 6.27. The number of unbranched alkanes of at least 4 members (excludes halogenated alkanes) is 2. The van der Waals surface area contributed by atoms with Gasteiger partial charge in [-0.2, -0.15) is 0 Å². The molecule has 0 unspecified atom stereocenters. The standard InChI is InChI=1S/C27H34ClN3O4/c1-4-5-6-8-21-11-13-22(14-12-21)27(34)29(15-16-35-3)17-25(32)30-18-26(33)31(19-30)24-10-7-9-23(28)20(24)2/h7,9-14H,4-6,8,15-19H2,1-3H3. The third-order valence-corrected chi connectivity index (χ3v) is 6.68. The van der Waals surface area contributed by atoms with Crippen LogP contribution in [0.4, 0.5) is 5.69 Å². The lowest BCUT2D eigenvalue weighted by molar-refractivity contribution is -0.132. The van der Waals surface area contributed by atoms with Gasteiger partial charge in [0, 0.05) is 29.9 Å². The minimum Gasteiger partial charge on any atom is -0.383 e. The van der Waals surface area contributed by atoms with E-state index in [1.807, 2.05) is 37.3 Å². The number of methoxy groups -OCH3 is 1. The summed E-state index contributed by atoms with van der Waals surface area (Å²) in [5.41, 5.74) is 3.19. The van der Waals surface area contributed by atoms with Crippen LogP contribution in [-0.2, 0) is 20.7 Å². The lowest BCUT2D eigenvalue weighted by Gasteiger charge is -2.25. The highest BCUT2D eigenvalue weighted by atomic mass is 35.5. The molecule has 0 radical (unpaired) electrons. The molecule has 0 aromatic heterocycles. The summed E-state index contributed by atoms with van der Waals surface area (Å²) in [6, 6.07) is 12.9. The van der Waals surface area contributed by atoms with Crippen LogP contribution in [0.15, 0.2) is 42.5 Å². The number of carbonyl (C=O) groups excluding carboxylic acids is 3. The van der Waals surface area contributed by atoms with Crippen LogP contribution in [0.25, 0.3) is 0 Å². The summed E-state index contributed by atoms with van der Waals surface area (Å²) in [7, 11) is 1.56. The summed E-state index contributed by atoms with van der Waals surface area (Å²) >= 11 is 6.22. The first-order chi connectivity index (χ1) is 16.8. The van der Waals surface area contributed by atoms with Gasteiger partial charge in [-0.05, 0) is 55.2 Å². The Bertz CT molecular complexity index is 1040. The van der Waals surface area contributed by atoms with Crippen LogP contribution < -0.4 is 4.90 Å². The number of ether oxygens (including phenoxy) is 1. The number of hydrogen-bond donors (Lipinski definition) is 0. The van der Waals surface area contributed by atoms with Gasteiger partial charge in [-0.3, -0.25) is 19.3 Å². The maximum absolute atomic E-state index is 13.2. The zero-order valence-corrected chi connectivity index (χ0v) is 21.5. The van der Waals surface area contributed by atoms with E-state index in [0.717, 1.165) is 24.8 Å². The number of halogens is 1. The summed E-state index contributed by atoms with van der Waals surface area (Å²) in [4.78, 5) is 43.5. The van der Waals surface area contributed by atoms with Gasteiger partial charge in [0.05, 0.1) is 6.61 Å². The van der Waals surface area contributed by atoms with Gasteiger partial charge in [0.25, 0.3) is 5.91 Å². The topological polar surface area (TPSA) is 70.2 Å². The fourth-order valence-corrected chi connectivity index (χ4v) is 4.28. The van der Waals surface area contributed by atoms with Crippen molar-refractivity contribution in [3.63, 3.8) is 0 Å². The van der Waals surface area contributed by atoms with Crippen LogP contribution in [0.1, 0.15) is 47.7 Å². The van der Waals surface area contributed by atoms with Gasteiger partial charge in [0.15, 0.2) is 0 Å². The molecule has 8 heteroatoms. The van der Waals surface area contributed by atoms with Crippen LogP contribution in [0.5, 0.6) is 0 Å². The Kier molecular flexibility index (Phi) is 9.69. The van der Waals surface area contributed by atoms with Crippen molar-refractivity contribution < 1.29 is 19.1 Å². The molecule has 2 aromatic carbocycles. The summed E-state index contributed by atoms with van der Waals surface area (Å²) in [5.74, 6) is -0.707. The van der Waals surface area contributed by atoms with E-state index in [2.05, 4.69) is 6.92 Å². The van der Waals surface area contributed by atoms with Gasteiger partial charge in [0.1, 0.15) is 19.8 Å². The Labute approximate surface area is 212 Å². The highest BCUT2D eigenvalue weighted by molar-refractivity contribution is 6.31. The number of rotatable bonds is 11. The van der Waals surface area contributed by atoms with E-state index in [-0.39, 0.29) is 44.0 Å². The average molecular weight is 500 g/mol. The molecule has 1 saturated heterocycles. The maximum atomic E-state index is 13.2. The van der Waals surface area contributed by atoms with Crippen molar-refractivity contribution in [2.75, 3.05) is 44.9 Å². The van der Waals surface area contributed by atoms with Crippen LogP contribution >= 0.6 is 11.6 Å². The van der Waals surface area contributed by atoms with Gasteiger partial charge in [0.2, 0.25) is 11.8 Å². The number of anilines is 1. The van der Waals surface area contributed by atoms with Crippen LogP contribution in [0.2, 0.25) is 5.02 Å². The molecule has 0 spiro atoms. The second-order valence-electron chi connectivity index (χ2n) is 8.81. The molecule has 1 fully saturated rings. The predicted octanol–water partition coefficient (Wildman–Crippen LogP) is 4.30. The molecule has 2 aromatic rings. The first-order valence-corrected chi connectivity index (χ1v) is 12.4. The molecule has 1 aliphatic heterocycles. The maximum Gasteiger partial charge on any atom is 0.254 e. The number of nitrogens with zero attached hydrogens (tertiary/aromatic N) is 3. The van der Waals surface area contributed by atoms with Gasteiger partial charge in [-0.1, -0.05) is 49.6 Å². The van der Waals surface area contributed by atoms with Gasteiger partial charge >= 0.3 is 0 Å². The molecule has 0 bridgehead atoms. The first kappa shape index (κ1) is 26.7. The summed E-state index contributed by atoms with van der Waals surface area (Å²) < 4.78 is 5.16. The van der Waals surface area contributed by atoms with Gasteiger partial charge < -0.3 is 14.5 Å². The smallest absolute Gasteiger partial charge is 0.254 e. The lowest BCUT2D eigenvalue weighted by Crippen LogP contribution is -2.44. The Balaban J connectivity index is 1.67. The number of carbonyl (C=O) groups is 3. The van der Waals surface area contributed by atoms with E-state index in [9.17, 15) is 14.4 Å². The second-order valence-corrected chi connectivity index (χ2v) is 9.22. The molecule has 7 nitrogen and oxygen atoms in total. The third kappa shape index (κ3) is 6.83. The Morgan fingerprint density at radius 3 is 2.54 bits per heavy atom. The van der Waals surface area contributed by atoms with E-state index >= 15 is 0 Å². The average Bonchev–Trinajstić information content (AvgIpc) is 3.25.